The quantitative estimate of drug-likeness (QED) is 0.131. The molecule has 136 valence electrons. The number of hydrogen-bond donors (Lipinski definition) is 7. The highest BCUT2D eigenvalue weighted by Crippen LogP contribution is 2.39. The van der Waals surface area contributed by atoms with Gasteiger partial charge in [0, 0.05) is 7.05 Å². The summed E-state index contributed by atoms with van der Waals surface area (Å²) >= 11 is 0. The zero-order valence-electron chi connectivity index (χ0n) is 13.4. The van der Waals surface area contributed by atoms with Crippen molar-refractivity contribution in [1.29, 1.82) is 0 Å². The zero-order valence-corrected chi connectivity index (χ0v) is 13.4. The Morgan fingerprint density at radius 2 is 2.12 bits per heavy atom. The molecule has 12 nitrogen and oxygen atoms in total. The van der Waals surface area contributed by atoms with E-state index < -0.39 is 31.1 Å². The van der Waals surface area contributed by atoms with E-state index in [1.165, 1.54) is 17.9 Å². The Kier molecular flexibility index (Phi) is 4.45. The molecule has 0 amide bonds. The van der Waals surface area contributed by atoms with Crippen molar-refractivity contribution in [3.63, 3.8) is 0 Å². The first kappa shape index (κ1) is 17.3. The number of nitrogens with two attached hydrogens (primary N) is 3. The summed E-state index contributed by atoms with van der Waals surface area (Å²) in [6.07, 6.45) is -3.46. The van der Waals surface area contributed by atoms with Crippen LogP contribution in [0, 0.1) is 0 Å². The Hall–Kier alpha value is -2.51. The largest absolute Gasteiger partial charge is 0.394 e. The molecular formula is C13H20N8O4. The number of aliphatic hydroxyl groups is 3. The second-order valence-corrected chi connectivity index (χ2v) is 5.53. The Labute approximate surface area is 141 Å². The fourth-order valence-corrected chi connectivity index (χ4v) is 3.00. The molecule has 10 N–H and O–H groups in total. The van der Waals surface area contributed by atoms with Gasteiger partial charge in [0.25, 0.3) is 0 Å². The zero-order chi connectivity index (χ0) is 18.3. The van der Waals surface area contributed by atoms with Crippen LogP contribution in [0.2, 0.25) is 0 Å². The molecule has 0 spiro atoms. The van der Waals surface area contributed by atoms with Crippen molar-refractivity contribution in [2.75, 3.05) is 24.8 Å². The predicted octanol–water partition coefficient (Wildman–Crippen LogP) is -2.75. The van der Waals surface area contributed by atoms with E-state index in [0.717, 1.165) is 0 Å². The number of aromatic nitrogens is 3. The Morgan fingerprint density at radius 1 is 1.40 bits per heavy atom. The van der Waals surface area contributed by atoms with Crippen LogP contribution in [0.15, 0.2) is 11.3 Å². The van der Waals surface area contributed by atoms with E-state index in [1.54, 1.807) is 0 Å². The second-order valence-electron chi connectivity index (χ2n) is 5.53. The summed E-state index contributed by atoms with van der Waals surface area (Å²) < 4.78 is 6.98. The predicted molar refractivity (Wildman–Crippen MR) is 89.4 cm³/mol. The highest BCUT2D eigenvalue weighted by molar-refractivity contribution is 6.15. The lowest BCUT2D eigenvalue weighted by Crippen LogP contribution is -2.33. The van der Waals surface area contributed by atoms with E-state index in [1.807, 2.05) is 0 Å². The van der Waals surface area contributed by atoms with Crippen molar-refractivity contribution in [1.82, 2.24) is 14.5 Å². The number of nitrogens with zero attached hydrogens (tertiary/aromatic N) is 4. The van der Waals surface area contributed by atoms with Gasteiger partial charge in [0.2, 0.25) is 0 Å². The fourth-order valence-electron chi connectivity index (χ4n) is 3.00. The number of ether oxygens (including phenoxy) is 1. The summed E-state index contributed by atoms with van der Waals surface area (Å²) in [7, 11) is 1.49. The topological polar surface area (TPSA) is 203 Å². The van der Waals surface area contributed by atoms with Gasteiger partial charge >= 0.3 is 0 Å². The van der Waals surface area contributed by atoms with Gasteiger partial charge in [-0.1, -0.05) is 0 Å². The standard InChI is InChI=1S/C13H20N8O4/c1-17-9(14)5-6-10(15)18-3-19-11(6)21(12(5)20-16)13-8(24)7(23)4(2-22)25-13/h3-4,7-8,13,20,22-24H,2,16H2,1H3,(H2,14,17)(H2,15,18,19)/t4?,7-,8-,13-/m1/s1. The van der Waals surface area contributed by atoms with Crippen LogP contribution in [0.25, 0.3) is 11.0 Å². The third-order valence-electron chi connectivity index (χ3n) is 4.22. The summed E-state index contributed by atoms with van der Waals surface area (Å²) in [5.41, 5.74) is 15.0. The lowest BCUT2D eigenvalue weighted by atomic mass is 10.1. The minimum atomic E-state index is -1.34. The summed E-state index contributed by atoms with van der Waals surface area (Å²) in [5.74, 6) is 6.12. The first-order chi connectivity index (χ1) is 12.0. The first-order valence-electron chi connectivity index (χ1n) is 7.42. The molecule has 1 aliphatic rings. The van der Waals surface area contributed by atoms with Crippen LogP contribution in [0.4, 0.5) is 11.6 Å². The molecule has 1 fully saturated rings. The van der Waals surface area contributed by atoms with Crippen molar-refractivity contribution < 1.29 is 20.1 Å². The number of amidine groups is 1. The minimum absolute atomic E-state index is 0.116. The van der Waals surface area contributed by atoms with Crippen LogP contribution in [0.5, 0.6) is 0 Å². The number of nitrogens with one attached hydrogen (secondary N) is 1. The Morgan fingerprint density at radius 3 is 2.68 bits per heavy atom. The van der Waals surface area contributed by atoms with Crippen molar-refractivity contribution in [2.45, 2.75) is 24.5 Å². The average Bonchev–Trinajstić information content (AvgIpc) is 3.10. The van der Waals surface area contributed by atoms with E-state index in [9.17, 15) is 15.3 Å². The lowest BCUT2D eigenvalue weighted by Gasteiger charge is -2.20. The monoisotopic (exact) mass is 352 g/mol. The molecule has 2 aromatic rings. The van der Waals surface area contributed by atoms with Crippen LogP contribution in [0.1, 0.15) is 11.8 Å². The van der Waals surface area contributed by atoms with Gasteiger partial charge in [0.15, 0.2) is 6.23 Å². The average molecular weight is 352 g/mol. The smallest absolute Gasteiger partial charge is 0.166 e. The number of hydrazine groups is 1. The van der Waals surface area contributed by atoms with E-state index in [2.05, 4.69) is 20.4 Å². The molecule has 12 heteroatoms. The normalized spacial score (nSPS) is 27.2. The van der Waals surface area contributed by atoms with E-state index in [0.29, 0.717) is 10.9 Å². The maximum atomic E-state index is 10.4. The fraction of sp³-hybridized carbons (Fsp3) is 0.462. The highest BCUT2D eigenvalue weighted by atomic mass is 16.6. The summed E-state index contributed by atoms with van der Waals surface area (Å²) in [6, 6.07) is 0. The van der Waals surface area contributed by atoms with Gasteiger partial charge in [-0.25, -0.2) is 15.8 Å². The molecule has 4 atom stereocenters. The van der Waals surface area contributed by atoms with Gasteiger partial charge < -0.3 is 36.9 Å². The number of nitrogen functional groups attached to an aromatic ring is 2. The SMILES string of the molecule is CN=C(N)c1c(NN)n([C@@H]2OC(CO)[C@@H](O)[C@H]2O)c2ncnc(N)c12. The Balaban J connectivity index is 2.31. The van der Waals surface area contributed by atoms with Gasteiger partial charge in [-0.2, -0.15) is 0 Å². The summed E-state index contributed by atoms with van der Waals surface area (Å²) in [6.45, 7) is -0.470. The highest BCUT2D eigenvalue weighted by Gasteiger charge is 2.45. The van der Waals surface area contributed by atoms with Gasteiger partial charge in [-0.05, 0) is 0 Å². The lowest BCUT2D eigenvalue weighted by molar-refractivity contribution is -0.0499. The molecule has 2 aromatic heterocycles. The number of aliphatic imine (C=N–C) groups is 1. The van der Waals surface area contributed by atoms with Crippen molar-refractivity contribution in [3.8, 4) is 0 Å². The minimum Gasteiger partial charge on any atom is -0.394 e. The number of hydrogen-bond acceptors (Lipinski definition) is 10. The molecule has 0 aliphatic carbocycles. The van der Waals surface area contributed by atoms with Crippen LogP contribution < -0.4 is 22.7 Å². The Bertz CT molecular complexity index is 822. The van der Waals surface area contributed by atoms with E-state index in [-0.39, 0.29) is 23.1 Å². The number of anilines is 2. The third kappa shape index (κ3) is 2.47. The maximum absolute atomic E-state index is 10.4. The summed E-state index contributed by atoms with van der Waals surface area (Å²) in [4.78, 5) is 12.1. The van der Waals surface area contributed by atoms with Crippen molar-refractivity contribution in [2.24, 2.45) is 16.6 Å². The maximum Gasteiger partial charge on any atom is 0.166 e. The van der Waals surface area contributed by atoms with E-state index in [4.69, 9.17) is 22.0 Å². The number of fused-ring (bicyclic) bond motifs is 1. The summed E-state index contributed by atoms with van der Waals surface area (Å²) in [5, 5.41) is 30.1. The molecule has 0 aromatic carbocycles. The first-order valence-corrected chi connectivity index (χ1v) is 7.42. The molecule has 3 heterocycles. The van der Waals surface area contributed by atoms with Crippen LogP contribution in [0.3, 0.4) is 0 Å². The van der Waals surface area contributed by atoms with Gasteiger partial charge in [0.1, 0.15) is 47.8 Å². The molecular weight excluding hydrogens is 332 g/mol. The van der Waals surface area contributed by atoms with Gasteiger partial charge in [0.05, 0.1) is 17.6 Å². The van der Waals surface area contributed by atoms with Gasteiger partial charge in [-0.15, -0.1) is 0 Å². The number of aliphatic hydroxyl groups excluding tert-OH is 3. The molecule has 25 heavy (non-hydrogen) atoms. The third-order valence-corrected chi connectivity index (χ3v) is 4.22. The molecule has 0 saturated carbocycles. The second kappa shape index (κ2) is 6.42. The van der Waals surface area contributed by atoms with Crippen LogP contribution in [-0.4, -0.2) is 67.7 Å². The molecule has 3 rings (SSSR count). The van der Waals surface area contributed by atoms with Crippen LogP contribution >= 0.6 is 0 Å². The van der Waals surface area contributed by atoms with Crippen molar-refractivity contribution in [3.05, 3.63) is 11.9 Å². The van der Waals surface area contributed by atoms with Gasteiger partial charge in [-0.3, -0.25) is 9.56 Å². The molecule has 1 saturated heterocycles. The van der Waals surface area contributed by atoms with E-state index >= 15 is 0 Å². The molecule has 0 radical (unpaired) electrons. The number of rotatable bonds is 4. The van der Waals surface area contributed by atoms with Crippen LogP contribution in [-0.2, 0) is 4.74 Å². The molecule has 1 aliphatic heterocycles. The molecule has 1 unspecified atom stereocenters. The van der Waals surface area contributed by atoms with Crippen molar-refractivity contribution >= 4 is 28.5 Å². The molecule has 0 bridgehead atoms.